The van der Waals surface area contributed by atoms with Gasteiger partial charge in [-0.1, -0.05) is 18.4 Å². The number of rotatable bonds is 6. The van der Waals surface area contributed by atoms with Crippen LogP contribution in [0.1, 0.15) is 31.5 Å². The van der Waals surface area contributed by atoms with Crippen molar-refractivity contribution in [1.29, 1.82) is 0 Å². The molecule has 0 aliphatic carbocycles. The fourth-order valence-corrected chi connectivity index (χ4v) is 7.18. The number of H-pyrrole nitrogens is 2. The molecule has 38 heavy (non-hydrogen) atoms. The lowest BCUT2D eigenvalue weighted by Gasteiger charge is -2.09. The predicted molar refractivity (Wildman–Crippen MR) is 160 cm³/mol. The number of anilines is 1. The molecule has 9 nitrogen and oxygen atoms in total. The second-order valence-electron chi connectivity index (χ2n) is 9.39. The van der Waals surface area contributed by atoms with Crippen LogP contribution < -0.4 is 5.32 Å². The van der Waals surface area contributed by atoms with E-state index in [4.69, 9.17) is 4.98 Å². The zero-order valence-corrected chi connectivity index (χ0v) is 23.0. The van der Waals surface area contributed by atoms with Gasteiger partial charge >= 0.3 is 0 Å². The molecule has 10 heteroatoms. The van der Waals surface area contributed by atoms with Crippen molar-refractivity contribution in [2.24, 2.45) is 5.92 Å². The first-order chi connectivity index (χ1) is 18.5. The number of fused-ring (bicyclic) bond motifs is 2. The van der Waals surface area contributed by atoms with Crippen LogP contribution in [0.5, 0.6) is 0 Å². The van der Waals surface area contributed by atoms with Crippen LogP contribution in [0.2, 0.25) is 0 Å². The van der Waals surface area contributed by atoms with Gasteiger partial charge in [-0.05, 0) is 45.8 Å². The fraction of sp³-hybridized carbons (Fsp3) is 0.143. The van der Waals surface area contributed by atoms with Gasteiger partial charge in [-0.25, -0.2) is 9.97 Å². The monoisotopic (exact) mass is 616 g/mol. The van der Waals surface area contributed by atoms with Crippen LogP contribution >= 0.6 is 18.9 Å². The lowest BCUT2D eigenvalue weighted by molar-refractivity contribution is -0.116. The Balaban J connectivity index is 1.37. The number of allylic oxidation sites excluding steroid dienone is 1. The molecule has 5 aromatic heterocycles. The first-order valence-electron chi connectivity index (χ1n) is 12.1. The van der Waals surface area contributed by atoms with Gasteiger partial charge < -0.3 is 10.3 Å². The Bertz CT molecular complexity index is 1790. The van der Waals surface area contributed by atoms with E-state index in [9.17, 15) is 4.79 Å². The Kier molecular flexibility index (Phi) is 6.32. The zero-order valence-electron chi connectivity index (χ0n) is 20.9. The van der Waals surface area contributed by atoms with E-state index in [0.29, 0.717) is 23.6 Å². The Hall–Kier alpha value is -4.19. The van der Waals surface area contributed by atoms with E-state index in [1.165, 1.54) is 0 Å². The quantitative estimate of drug-likeness (QED) is 0.227. The highest BCUT2D eigenvalue weighted by molar-refractivity contribution is 14.2. The van der Waals surface area contributed by atoms with Crippen molar-refractivity contribution in [3.05, 3.63) is 76.3 Å². The number of nitrogens with one attached hydrogen (secondary N) is 3. The summed E-state index contributed by atoms with van der Waals surface area (Å²) in [5.74, 6) is 0.947. The third-order valence-electron chi connectivity index (χ3n) is 6.13. The van der Waals surface area contributed by atoms with Crippen LogP contribution in [0.15, 0.2) is 61.3 Å². The minimum Gasteiger partial charge on any atom is -0.332 e. The van der Waals surface area contributed by atoms with Crippen molar-refractivity contribution in [1.82, 2.24) is 35.1 Å². The SMILES string of the molecule is C=I1=CC=C(c2ccncc2)c2nc(-c3[nH]nc4ncc(-c5cncc(NC(=O)CC(C)C)c5)cc34)[nH]c21. The molecule has 190 valence electrons. The highest BCUT2D eigenvalue weighted by atomic mass is 127. The van der Waals surface area contributed by atoms with E-state index in [1.54, 1.807) is 31.0 Å². The fourth-order valence-electron chi connectivity index (χ4n) is 4.36. The molecule has 3 N–H and O–H groups in total. The number of hydrogen-bond acceptors (Lipinski definition) is 6. The number of carbonyl (C=O) groups is 1. The molecule has 0 saturated heterocycles. The van der Waals surface area contributed by atoms with Crippen molar-refractivity contribution in [2.75, 3.05) is 5.32 Å². The maximum atomic E-state index is 12.2. The summed E-state index contributed by atoms with van der Waals surface area (Å²) < 4.78 is 7.73. The van der Waals surface area contributed by atoms with Gasteiger partial charge in [0.15, 0.2) is 11.5 Å². The molecule has 1 aliphatic heterocycles. The Morgan fingerprint density at radius 3 is 2.71 bits per heavy atom. The van der Waals surface area contributed by atoms with Crippen LogP contribution in [-0.4, -0.2) is 49.6 Å². The topological polar surface area (TPSA) is 125 Å². The molecule has 6 rings (SSSR count). The maximum absolute atomic E-state index is 12.2. The molecule has 0 atom stereocenters. The lowest BCUT2D eigenvalue weighted by Crippen LogP contribution is -2.13. The van der Waals surface area contributed by atoms with Crippen molar-refractivity contribution >= 4 is 55.6 Å². The summed E-state index contributed by atoms with van der Waals surface area (Å²) in [4.78, 5) is 33.8. The Morgan fingerprint density at radius 2 is 1.89 bits per heavy atom. The summed E-state index contributed by atoms with van der Waals surface area (Å²) >= 11 is -1.76. The molecule has 5 aromatic rings. The highest BCUT2D eigenvalue weighted by Gasteiger charge is 2.21. The van der Waals surface area contributed by atoms with Crippen molar-refractivity contribution in [3.63, 3.8) is 0 Å². The molecule has 0 aromatic carbocycles. The number of carbonyl (C=O) groups excluding carboxylic acids is 1. The number of imidazole rings is 1. The van der Waals surface area contributed by atoms with E-state index in [-0.39, 0.29) is 11.8 Å². The molecule has 1 amide bonds. The van der Waals surface area contributed by atoms with Gasteiger partial charge in [0.1, 0.15) is 11.4 Å². The number of aromatic amines is 2. The van der Waals surface area contributed by atoms with Gasteiger partial charge in [-0.2, -0.15) is 5.10 Å². The van der Waals surface area contributed by atoms with Gasteiger partial charge in [-0.15, -0.1) is 18.9 Å². The molecule has 0 spiro atoms. The van der Waals surface area contributed by atoms with Gasteiger partial charge in [-0.3, -0.25) is 19.9 Å². The van der Waals surface area contributed by atoms with Crippen LogP contribution in [0.4, 0.5) is 5.69 Å². The third kappa shape index (κ3) is 4.62. The molecule has 0 fully saturated rings. The Labute approximate surface area is 225 Å². The second kappa shape index (κ2) is 9.93. The molecule has 1 aliphatic rings. The molecule has 0 unspecified atom stereocenters. The number of aromatic nitrogens is 7. The zero-order chi connectivity index (χ0) is 26.2. The summed E-state index contributed by atoms with van der Waals surface area (Å²) in [5, 5.41) is 11.3. The number of pyridine rings is 3. The van der Waals surface area contributed by atoms with Gasteiger partial charge in [0.2, 0.25) is 5.91 Å². The third-order valence-corrected chi connectivity index (χ3v) is 9.52. The maximum Gasteiger partial charge on any atom is 0.224 e. The Morgan fingerprint density at radius 1 is 1.08 bits per heavy atom. The van der Waals surface area contributed by atoms with Crippen LogP contribution in [0.3, 0.4) is 0 Å². The molecular formula is C28H25IN8O. The van der Waals surface area contributed by atoms with Crippen LogP contribution in [0, 0.1) is 9.62 Å². The largest absolute Gasteiger partial charge is 0.332 e. The van der Waals surface area contributed by atoms with Gasteiger partial charge in [0.25, 0.3) is 0 Å². The molecule has 0 saturated carbocycles. The number of nitrogens with zero attached hydrogens (tertiary/aromatic N) is 5. The number of hydrogen-bond donors (Lipinski definition) is 3. The highest BCUT2D eigenvalue weighted by Crippen LogP contribution is 2.36. The first kappa shape index (κ1) is 24.2. The first-order valence-corrected chi connectivity index (χ1v) is 15.9. The summed E-state index contributed by atoms with van der Waals surface area (Å²) in [6, 6.07) is 7.90. The van der Waals surface area contributed by atoms with E-state index in [2.05, 4.69) is 50.1 Å². The summed E-state index contributed by atoms with van der Waals surface area (Å²) in [6.07, 6.45) is 11.3. The van der Waals surface area contributed by atoms with Crippen molar-refractivity contribution in [3.8, 4) is 22.6 Å². The minimum absolute atomic E-state index is 0.0309. The number of amides is 1. The predicted octanol–water partition coefficient (Wildman–Crippen LogP) is 5.15. The smallest absolute Gasteiger partial charge is 0.224 e. The molecule has 0 bridgehead atoms. The van der Waals surface area contributed by atoms with Gasteiger partial charge in [0.05, 0.1) is 21.0 Å². The van der Waals surface area contributed by atoms with Gasteiger partial charge in [0, 0.05) is 47.9 Å². The van der Waals surface area contributed by atoms with E-state index >= 15 is 0 Å². The molecular weight excluding hydrogens is 591 g/mol. The average Bonchev–Trinajstić information content (AvgIpc) is 3.54. The van der Waals surface area contributed by atoms with Crippen molar-refractivity contribution in [2.45, 2.75) is 20.3 Å². The van der Waals surface area contributed by atoms with Crippen molar-refractivity contribution < 1.29 is 4.79 Å². The van der Waals surface area contributed by atoms with E-state index in [1.807, 2.05) is 38.1 Å². The standard InChI is InChI=1S/C28H25IN8O/c1-16(2)10-23(38)33-20-11-18(13-31-15-20)19-12-22-25(36-37-27(22)32-14-19)28-34-24-21(17-5-8-30-9-6-17)4-7-29(3)26(24)35-28/h4-9,11-16H,3,10H2,1-2H3,(H,33,38)(H,34,35)(H,32,36,37). The normalized spacial score (nSPS) is 13.3. The average molecular weight is 616 g/mol. The summed E-state index contributed by atoms with van der Waals surface area (Å²) in [5.41, 5.74) is 6.74. The summed E-state index contributed by atoms with van der Waals surface area (Å²) in [6.45, 7) is 4.03. The lowest BCUT2D eigenvalue weighted by atomic mass is 10.0. The summed E-state index contributed by atoms with van der Waals surface area (Å²) in [7, 11) is 0. The minimum atomic E-state index is -1.76. The second-order valence-corrected chi connectivity index (χ2v) is 13.5. The van der Waals surface area contributed by atoms with E-state index in [0.717, 1.165) is 42.7 Å². The molecule has 6 heterocycles. The molecule has 0 radical (unpaired) electrons. The van der Waals surface area contributed by atoms with E-state index < -0.39 is 18.9 Å². The number of halogens is 1. The van der Waals surface area contributed by atoms with Crippen LogP contribution in [-0.2, 0) is 4.79 Å². The van der Waals surface area contributed by atoms with Crippen LogP contribution in [0.25, 0.3) is 39.3 Å².